The number of hydrogen-bond donors (Lipinski definition) is 1. The average molecular weight is 310 g/mol. The van der Waals surface area contributed by atoms with Crippen LogP contribution in [-0.2, 0) is 12.8 Å². The highest BCUT2D eigenvalue weighted by molar-refractivity contribution is 7.16. The van der Waals surface area contributed by atoms with Crippen LogP contribution in [0.3, 0.4) is 0 Å². The van der Waals surface area contributed by atoms with E-state index in [1.165, 1.54) is 10.4 Å². The number of nitrogens with one attached hydrogen (secondary N) is 1. The second kappa shape index (κ2) is 7.67. The molecule has 0 fully saturated rings. The molecule has 0 saturated carbocycles. The van der Waals surface area contributed by atoms with Gasteiger partial charge in [-0.15, -0.1) is 11.3 Å². The molecule has 1 aromatic heterocycles. The van der Waals surface area contributed by atoms with Crippen LogP contribution in [0.15, 0.2) is 36.4 Å². The van der Waals surface area contributed by atoms with Crippen molar-refractivity contribution in [3.05, 3.63) is 51.2 Å². The molecule has 0 aliphatic heterocycles. The number of thiophene rings is 1. The van der Waals surface area contributed by atoms with Crippen LogP contribution in [0.1, 0.15) is 17.4 Å². The summed E-state index contributed by atoms with van der Waals surface area (Å²) in [4.78, 5) is 1.33. The van der Waals surface area contributed by atoms with Gasteiger partial charge in [-0.2, -0.15) is 0 Å². The third kappa shape index (κ3) is 4.51. The Bertz CT molecular complexity index is 524. The van der Waals surface area contributed by atoms with E-state index in [4.69, 9.17) is 16.3 Å². The first-order valence-electron chi connectivity index (χ1n) is 6.81. The Morgan fingerprint density at radius 1 is 1.15 bits per heavy atom. The fraction of sp³-hybridized carbons (Fsp3) is 0.375. The monoisotopic (exact) mass is 309 g/mol. The van der Waals surface area contributed by atoms with Crippen LogP contribution in [0.5, 0.6) is 5.75 Å². The largest absolute Gasteiger partial charge is 0.497 e. The molecule has 0 radical (unpaired) electrons. The second-order valence-electron chi connectivity index (χ2n) is 4.72. The van der Waals surface area contributed by atoms with Crippen molar-refractivity contribution in [1.29, 1.82) is 0 Å². The molecule has 0 aliphatic carbocycles. The third-order valence-electron chi connectivity index (χ3n) is 3.21. The van der Waals surface area contributed by atoms with Gasteiger partial charge in [-0.25, -0.2) is 0 Å². The number of benzene rings is 1. The van der Waals surface area contributed by atoms with Crippen LogP contribution < -0.4 is 10.1 Å². The molecule has 20 heavy (non-hydrogen) atoms. The van der Waals surface area contributed by atoms with Crippen molar-refractivity contribution in [3.63, 3.8) is 0 Å². The highest BCUT2D eigenvalue weighted by atomic mass is 35.5. The van der Waals surface area contributed by atoms with Crippen LogP contribution in [0.25, 0.3) is 0 Å². The zero-order valence-corrected chi connectivity index (χ0v) is 13.4. The summed E-state index contributed by atoms with van der Waals surface area (Å²) in [5, 5.41) is 3.55. The molecule has 108 valence electrons. The maximum Gasteiger partial charge on any atom is 0.118 e. The van der Waals surface area contributed by atoms with Gasteiger partial charge in [0.15, 0.2) is 0 Å². The van der Waals surface area contributed by atoms with E-state index in [-0.39, 0.29) is 0 Å². The molecule has 0 aliphatic rings. The van der Waals surface area contributed by atoms with Crippen LogP contribution in [0.2, 0.25) is 4.34 Å². The molecule has 2 rings (SSSR count). The maximum absolute atomic E-state index is 6.00. The highest BCUT2D eigenvalue weighted by Crippen LogP contribution is 2.23. The van der Waals surface area contributed by atoms with Crippen molar-refractivity contribution in [1.82, 2.24) is 5.32 Å². The predicted molar refractivity (Wildman–Crippen MR) is 87.2 cm³/mol. The summed E-state index contributed by atoms with van der Waals surface area (Å²) < 4.78 is 6.05. The summed E-state index contributed by atoms with van der Waals surface area (Å²) in [6.45, 7) is 3.11. The Morgan fingerprint density at radius 2 is 1.90 bits per heavy atom. The standard InChI is InChI=1S/C16H20ClNOS/c1-3-18-13(11-15-8-9-16(17)20-15)10-12-4-6-14(19-2)7-5-12/h4-9,13,18H,3,10-11H2,1-2H3. The summed E-state index contributed by atoms with van der Waals surface area (Å²) in [5.74, 6) is 0.902. The molecule has 0 spiro atoms. The van der Waals surface area contributed by atoms with Crippen molar-refractivity contribution >= 4 is 22.9 Å². The number of hydrogen-bond acceptors (Lipinski definition) is 3. The summed E-state index contributed by atoms with van der Waals surface area (Å²) in [5.41, 5.74) is 1.32. The lowest BCUT2D eigenvalue weighted by atomic mass is 10.0. The highest BCUT2D eigenvalue weighted by Gasteiger charge is 2.11. The van der Waals surface area contributed by atoms with E-state index in [2.05, 4.69) is 30.4 Å². The molecule has 1 unspecified atom stereocenters. The fourth-order valence-electron chi connectivity index (χ4n) is 2.26. The Kier molecular flexibility index (Phi) is 5.89. The third-order valence-corrected chi connectivity index (χ3v) is 4.46. The number of likely N-dealkylation sites (N-methyl/N-ethyl adjacent to an activating group) is 1. The van der Waals surface area contributed by atoms with Gasteiger partial charge in [0, 0.05) is 10.9 Å². The molecule has 2 nitrogen and oxygen atoms in total. The summed E-state index contributed by atoms with van der Waals surface area (Å²) in [7, 11) is 1.69. The van der Waals surface area contributed by atoms with Crippen molar-refractivity contribution in [2.24, 2.45) is 0 Å². The molecule has 0 amide bonds. The van der Waals surface area contributed by atoms with Crippen molar-refractivity contribution < 1.29 is 4.74 Å². The van der Waals surface area contributed by atoms with Crippen LogP contribution in [0, 0.1) is 0 Å². The number of ether oxygens (including phenoxy) is 1. The van der Waals surface area contributed by atoms with E-state index in [0.717, 1.165) is 29.5 Å². The van der Waals surface area contributed by atoms with Gasteiger partial charge >= 0.3 is 0 Å². The van der Waals surface area contributed by atoms with E-state index in [1.54, 1.807) is 18.4 Å². The van der Waals surface area contributed by atoms with Crippen LogP contribution in [0.4, 0.5) is 0 Å². The van der Waals surface area contributed by atoms with Gasteiger partial charge in [-0.1, -0.05) is 30.7 Å². The minimum absolute atomic E-state index is 0.433. The van der Waals surface area contributed by atoms with Crippen molar-refractivity contribution in [2.45, 2.75) is 25.8 Å². The van der Waals surface area contributed by atoms with Crippen molar-refractivity contribution in [3.8, 4) is 5.75 Å². The number of halogens is 1. The quantitative estimate of drug-likeness (QED) is 0.828. The number of methoxy groups -OCH3 is 1. The Labute approximate surface area is 129 Å². The van der Waals surface area contributed by atoms with Crippen LogP contribution in [-0.4, -0.2) is 19.7 Å². The molecule has 1 aromatic carbocycles. The lowest BCUT2D eigenvalue weighted by Gasteiger charge is -2.17. The molecular weight excluding hydrogens is 290 g/mol. The van der Waals surface area contributed by atoms with E-state index >= 15 is 0 Å². The molecule has 0 bridgehead atoms. The molecule has 0 saturated heterocycles. The zero-order chi connectivity index (χ0) is 14.4. The van der Waals surface area contributed by atoms with E-state index in [0.29, 0.717) is 6.04 Å². The van der Waals surface area contributed by atoms with Gasteiger partial charge in [0.05, 0.1) is 11.4 Å². The molecule has 2 aromatic rings. The van der Waals surface area contributed by atoms with Gasteiger partial charge in [0.2, 0.25) is 0 Å². The van der Waals surface area contributed by atoms with Crippen LogP contribution >= 0.6 is 22.9 Å². The normalized spacial score (nSPS) is 12.3. The lowest BCUT2D eigenvalue weighted by Crippen LogP contribution is -2.32. The minimum atomic E-state index is 0.433. The first-order chi connectivity index (χ1) is 9.71. The van der Waals surface area contributed by atoms with Gasteiger partial charge < -0.3 is 10.1 Å². The van der Waals surface area contributed by atoms with E-state index in [1.807, 2.05) is 18.2 Å². The Balaban J connectivity index is 2.00. The number of rotatable bonds is 7. The molecule has 1 atom stereocenters. The molecule has 1 heterocycles. The van der Waals surface area contributed by atoms with E-state index in [9.17, 15) is 0 Å². The Morgan fingerprint density at radius 3 is 2.45 bits per heavy atom. The fourth-order valence-corrected chi connectivity index (χ4v) is 3.42. The minimum Gasteiger partial charge on any atom is -0.497 e. The van der Waals surface area contributed by atoms with Gasteiger partial charge in [-0.3, -0.25) is 0 Å². The zero-order valence-electron chi connectivity index (χ0n) is 11.9. The smallest absolute Gasteiger partial charge is 0.118 e. The average Bonchev–Trinajstić information content (AvgIpc) is 2.85. The summed E-state index contributed by atoms with van der Waals surface area (Å²) in [6, 6.07) is 12.8. The molecule has 4 heteroatoms. The van der Waals surface area contributed by atoms with E-state index < -0.39 is 0 Å². The Hall–Kier alpha value is -1.03. The van der Waals surface area contributed by atoms with Gasteiger partial charge in [0.1, 0.15) is 5.75 Å². The lowest BCUT2D eigenvalue weighted by molar-refractivity contribution is 0.414. The summed E-state index contributed by atoms with van der Waals surface area (Å²) >= 11 is 7.66. The first kappa shape index (κ1) is 15.4. The van der Waals surface area contributed by atoms with Crippen molar-refractivity contribution in [2.75, 3.05) is 13.7 Å². The second-order valence-corrected chi connectivity index (χ2v) is 6.52. The topological polar surface area (TPSA) is 21.3 Å². The summed E-state index contributed by atoms with van der Waals surface area (Å²) in [6.07, 6.45) is 2.02. The van der Waals surface area contributed by atoms with Gasteiger partial charge in [0.25, 0.3) is 0 Å². The first-order valence-corrected chi connectivity index (χ1v) is 8.01. The SMILES string of the molecule is CCNC(Cc1ccc(OC)cc1)Cc1ccc(Cl)s1. The maximum atomic E-state index is 6.00. The van der Waals surface area contributed by atoms with Gasteiger partial charge in [-0.05, 0) is 49.2 Å². The predicted octanol–water partition coefficient (Wildman–Crippen LogP) is 4.17. The molecular formula is C16H20ClNOS. The molecule has 1 N–H and O–H groups in total.